The molecule has 2 aromatic carbocycles. The number of sulfone groups is 1. The second-order valence-corrected chi connectivity index (χ2v) is 9.71. The van der Waals surface area contributed by atoms with E-state index in [0.717, 1.165) is 11.1 Å². The third kappa shape index (κ3) is 3.76. The molecule has 0 spiro atoms. The summed E-state index contributed by atoms with van der Waals surface area (Å²) in [6.07, 6.45) is 3.33. The highest BCUT2D eigenvalue weighted by Crippen LogP contribution is 2.28. The fourth-order valence-corrected chi connectivity index (χ4v) is 4.06. The van der Waals surface area contributed by atoms with Crippen molar-refractivity contribution < 1.29 is 12.8 Å². The number of hydrogen-bond donors (Lipinski definition) is 0. The second-order valence-electron chi connectivity index (χ2n) is 7.20. The van der Waals surface area contributed by atoms with Crippen LogP contribution >= 0.6 is 0 Å². The standard InChI is InChI=1S/C23H21N3O3S/c1-15(2)30(27,28)19-11-9-17(10-12-19)20-13-24-16(3)22(26-20)23-25-14-21(29-23)18-7-5-4-6-8-18/h4-15H,1-3H3. The first-order valence-corrected chi connectivity index (χ1v) is 11.1. The minimum absolute atomic E-state index is 0.293. The number of aromatic nitrogens is 3. The minimum atomic E-state index is -3.32. The molecule has 0 saturated heterocycles. The molecule has 0 aliphatic rings. The van der Waals surface area contributed by atoms with Crippen molar-refractivity contribution in [2.45, 2.75) is 30.9 Å². The summed E-state index contributed by atoms with van der Waals surface area (Å²) in [4.78, 5) is 13.8. The molecule has 0 bridgehead atoms. The van der Waals surface area contributed by atoms with E-state index in [1.165, 1.54) is 0 Å². The van der Waals surface area contributed by atoms with Crippen LogP contribution in [0.4, 0.5) is 0 Å². The van der Waals surface area contributed by atoms with Crippen LogP contribution in [0.2, 0.25) is 0 Å². The van der Waals surface area contributed by atoms with Gasteiger partial charge in [0.25, 0.3) is 0 Å². The van der Waals surface area contributed by atoms with Crippen molar-refractivity contribution in [3.8, 4) is 34.2 Å². The zero-order valence-electron chi connectivity index (χ0n) is 16.9. The topological polar surface area (TPSA) is 86.0 Å². The fourth-order valence-electron chi connectivity index (χ4n) is 3.00. The summed E-state index contributed by atoms with van der Waals surface area (Å²) in [5, 5.41) is -0.474. The molecule has 0 atom stereocenters. The second kappa shape index (κ2) is 7.84. The first-order chi connectivity index (χ1) is 14.4. The maximum Gasteiger partial charge on any atom is 0.247 e. The normalized spacial score (nSPS) is 11.7. The van der Waals surface area contributed by atoms with Crippen LogP contribution in [0.1, 0.15) is 19.5 Å². The Morgan fingerprint density at radius 2 is 1.57 bits per heavy atom. The van der Waals surface area contributed by atoms with Crippen molar-refractivity contribution in [2.24, 2.45) is 0 Å². The molecule has 30 heavy (non-hydrogen) atoms. The van der Waals surface area contributed by atoms with Gasteiger partial charge in [-0.2, -0.15) is 0 Å². The van der Waals surface area contributed by atoms with Crippen LogP contribution in [0, 0.1) is 6.92 Å². The van der Waals surface area contributed by atoms with Gasteiger partial charge in [-0.25, -0.2) is 18.4 Å². The van der Waals surface area contributed by atoms with Gasteiger partial charge in [-0.1, -0.05) is 42.5 Å². The van der Waals surface area contributed by atoms with Gasteiger partial charge in [0, 0.05) is 11.1 Å². The molecular weight excluding hydrogens is 398 g/mol. The van der Waals surface area contributed by atoms with E-state index >= 15 is 0 Å². The highest BCUT2D eigenvalue weighted by Gasteiger charge is 2.19. The van der Waals surface area contributed by atoms with Gasteiger partial charge in [-0.15, -0.1) is 0 Å². The first-order valence-electron chi connectivity index (χ1n) is 9.56. The maximum absolute atomic E-state index is 12.3. The molecule has 0 fully saturated rings. The SMILES string of the molecule is Cc1ncc(-c2ccc(S(=O)(=O)C(C)C)cc2)nc1-c1ncc(-c2ccccc2)o1. The molecule has 4 aromatic rings. The van der Waals surface area contributed by atoms with Gasteiger partial charge in [-0.05, 0) is 32.9 Å². The molecule has 4 rings (SSSR count). The molecule has 2 heterocycles. The Hall–Kier alpha value is -3.32. The lowest BCUT2D eigenvalue weighted by Crippen LogP contribution is -2.13. The van der Waals surface area contributed by atoms with Crippen LogP contribution in [0.3, 0.4) is 0 Å². The number of hydrogen-bond acceptors (Lipinski definition) is 6. The summed E-state index contributed by atoms with van der Waals surface area (Å²) in [7, 11) is -3.32. The summed E-state index contributed by atoms with van der Waals surface area (Å²) in [6, 6.07) is 16.4. The van der Waals surface area contributed by atoms with Gasteiger partial charge in [0.15, 0.2) is 15.6 Å². The van der Waals surface area contributed by atoms with Crippen molar-refractivity contribution in [1.82, 2.24) is 15.0 Å². The van der Waals surface area contributed by atoms with E-state index < -0.39 is 15.1 Å². The summed E-state index contributed by atoms with van der Waals surface area (Å²) >= 11 is 0. The van der Waals surface area contributed by atoms with E-state index in [9.17, 15) is 8.42 Å². The van der Waals surface area contributed by atoms with E-state index in [1.807, 2.05) is 37.3 Å². The molecule has 7 heteroatoms. The largest absolute Gasteiger partial charge is 0.435 e. The van der Waals surface area contributed by atoms with Crippen molar-refractivity contribution in [3.63, 3.8) is 0 Å². The van der Waals surface area contributed by atoms with Crippen molar-refractivity contribution in [2.75, 3.05) is 0 Å². The van der Waals surface area contributed by atoms with Gasteiger partial charge in [0.1, 0.15) is 5.69 Å². The molecule has 6 nitrogen and oxygen atoms in total. The number of oxazole rings is 1. The molecule has 2 aromatic heterocycles. The molecular formula is C23H21N3O3S. The monoisotopic (exact) mass is 419 g/mol. The highest BCUT2D eigenvalue weighted by atomic mass is 32.2. The lowest BCUT2D eigenvalue weighted by Gasteiger charge is -2.09. The Kier molecular flexibility index (Phi) is 5.22. The Morgan fingerprint density at radius 1 is 0.867 bits per heavy atom. The predicted molar refractivity (Wildman–Crippen MR) is 115 cm³/mol. The van der Waals surface area contributed by atoms with Gasteiger partial charge in [0.2, 0.25) is 5.89 Å². The van der Waals surface area contributed by atoms with Gasteiger partial charge in [0.05, 0.1) is 33.9 Å². The van der Waals surface area contributed by atoms with Crippen LogP contribution in [0.25, 0.3) is 34.2 Å². The smallest absolute Gasteiger partial charge is 0.247 e. The summed E-state index contributed by atoms with van der Waals surface area (Å²) < 4.78 is 30.6. The molecule has 0 aliphatic heterocycles. The average molecular weight is 420 g/mol. The van der Waals surface area contributed by atoms with Crippen LogP contribution in [-0.2, 0) is 9.84 Å². The zero-order chi connectivity index (χ0) is 21.3. The molecule has 0 N–H and O–H groups in total. The Labute approximate surface area is 175 Å². The highest BCUT2D eigenvalue weighted by molar-refractivity contribution is 7.92. The van der Waals surface area contributed by atoms with E-state index in [2.05, 4.69) is 15.0 Å². The van der Waals surface area contributed by atoms with Crippen molar-refractivity contribution >= 4 is 9.84 Å². The van der Waals surface area contributed by atoms with E-state index in [0.29, 0.717) is 33.6 Å². The predicted octanol–water partition coefficient (Wildman–Crippen LogP) is 4.96. The molecule has 0 aliphatic carbocycles. The molecule has 0 saturated carbocycles. The summed E-state index contributed by atoms with van der Waals surface area (Å²) in [5.41, 5.74) is 3.55. The quantitative estimate of drug-likeness (QED) is 0.455. The molecule has 0 radical (unpaired) electrons. The summed E-state index contributed by atoms with van der Waals surface area (Å²) in [5.74, 6) is 1.04. The first kappa shape index (κ1) is 20.0. The molecule has 0 amide bonds. The average Bonchev–Trinajstić information content (AvgIpc) is 3.25. The van der Waals surface area contributed by atoms with Gasteiger partial charge >= 0.3 is 0 Å². The Bertz CT molecular complexity index is 1280. The lowest BCUT2D eigenvalue weighted by molar-refractivity contribution is 0.585. The van der Waals surface area contributed by atoms with Crippen LogP contribution in [0.15, 0.2) is 76.3 Å². The zero-order valence-corrected chi connectivity index (χ0v) is 17.7. The van der Waals surface area contributed by atoms with E-state index in [1.54, 1.807) is 50.5 Å². The number of benzene rings is 2. The molecule has 152 valence electrons. The van der Waals surface area contributed by atoms with Crippen LogP contribution in [-0.4, -0.2) is 28.6 Å². The number of aryl methyl sites for hydroxylation is 1. The number of nitrogens with zero attached hydrogens (tertiary/aromatic N) is 3. The van der Waals surface area contributed by atoms with Crippen LogP contribution in [0.5, 0.6) is 0 Å². The fraction of sp³-hybridized carbons (Fsp3) is 0.174. The maximum atomic E-state index is 12.3. The third-order valence-corrected chi connectivity index (χ3v) is 6.99. The van der Waals surface area contributed by atoms with E-state index in [4.69, 9.17) is 4.42 Å². The number of rotatable bonds is 5. The van der Waals surface area contributed by atoms with Gasteiger partial charge in [-0.3, -0.25) is 4.98 Å². The Morgan fingerprint density at radius 3 is 2.23 bits per heavy atom. The van der Waals surface area contributed by atoms with Crippen molar-refractivity contribution in [3.05, 3.63) is 72.7 Å². The van der Waals surface area contributed by atoms with Crippen molar-refractivity contribution in [1.29, 1.82) is 0 Å². The lowest BCUT2D eigenvalue weighted by atomic mass is 10.1. The molecule has 0 unspecified atom stereocenters. The minimum Gasteiger partial charge on any atom is -0.435 e. The van der Waals surface area contributed by atoms with E-state index in [-0.39, 0.29) is 0 Å². The van der Waals surface area contributed by atoms with Gasteiger partial charge < -0.3 is 4.42 Å². The summed E-state index contributed by atoms with van der Waals surface area (Å²) in [6.45, 7) is 5.18. The third-order valence-electron chi connectivity index (χ3n) is 4.82. The van der Waals surface area contributed by atoms with Crippen LogP contribution < -0.4 is 0 Å². The Balaban J connectivity index is 1.69.